The molecule has 1 aromatic carbocycles. The van der Waals surface area contributed by atoms with Crippen LogP contribution in [0, 0.1) is 5.92 Å². The Kier molecular flexibility index (Phi) is 3.71. The molecule has 1 fully saturated rings. The molecule has 0 aliphatic carbocycles. The number of alkyl halides is 1. The summed E-state index contributed by atoms with van der Waals surface area (Å²) in [5.74, 6) is -0.250. The van der Waals surface area contributed by atoms with Crippen LogP contribution in [0.3, 0.4) is 0 Å². The third-order valence-electron chi connectivity index (χ3n) is 4.08. The molecule has 114 valence electrons. The number of amides is 1. The van der Waals surface area contributed by atoms with Crippen molar-refractivity contribution in [1.82, 2.24) is 4.31 Å². The third-order valence-corrected chi connectivity index (χ3v) is 5.94. The Bertz CT molecular complexity index is 675. The van der Waals surface area contributed by atoms with Crippen LogP contribution >= 0.6 is 0 Å². The summed E-state index contributed by atoms with van der Waals surface area (Å²) in [7, 11) is -3.57. The van der Waals surface area contributed by atoms with Crippen molar-refractivity contribution in [3.8, 4) is 0 Å². The van der Waals surface area contributed by atoms with Crippen LogP contribution in [0.2, 0.25) is 0 Å². The van der Waals surface area contributed by atoms with E-state index in [1.165, 1.54) is 10.4 Å². The van der Waals surface area contributed by atoms with Crippen molar-refractivity contribution in [1.29, 1.82) is 0 Å². The van der Waals surface area contributed by atoms with E-state index in [2.05, 4.69) is 5.32 Å². The van der Waals surface area contributed by atoms with Gasteiger partial charge in [0.2, 0.25) is 15.9 Å². The first-order valence-corrected chi connectivity index (χ1v) is 8.43. The van der Waals surface area contributed by atoms with E-state index in [1.54, 1.807) is 12.1 Å². The van der Waals surface area contributed by atoms with Crippen LogP contribution in [0.25, 0.3) is 0 Å². The number of carbonyl (C=O) groups excluding carboxylic acids is 1. The van der Waals surface area contributed by atoms with Crippen LogP contribution in [0.5, 0.6) is 0 Å². The summed E-state index contributed by atoms with van der Waals surface area (Å²) in [5.41, 5.74) is 1.50. The average Bonchev–Trinajstić information content (AvgIpc) is 2.96. The van der Waals surface area contributed by atoms with Crippen molar-refractivity contribution in [3.05, 3.63) is 23.8 Å². The minimum atomic E-state index is -3.57. The lowest BCUT2D eigenvalue weighted by molar-refractivity contribution is -0.116. The standard InChI is InChI=1S/C14H17FN2O3S/c15-8-10-5-6-17(9-10)21(19,20)12-2-3-13-11(7-12)1-4-14(18)16-13/h2-3,7,10H,1,4-6,8-9H2,(H,16,18). The topological polar surface area (TPSA) is 66.5 Å². The van der Waals surface area contributed by atoms with Gasteiger partial charge in [-0.1, -0.05) is 0 Å². The number of anilines is 1. The van der Waals surface area contributed by atoms with Gasteiger partial charge < -0.3 is 5.32 Å². The largest absolute Gasteiger partial charge is 0.326 e. The molecule has 1 saturated heterocycles. The fourth-order valence-corrected chi connectivity index (χ4v) is 4.39. The number of halogens is 1. The van der Waals surface area contributed by atoms with Crippen LogP contribution < -0.4 is 5.32 Å². The lowest BCUT2D eigenvalue weighted by atomic mass is 10.0. The maximum atomic E-state index is 12.7. The molecule has 1 N–H and O–H groups in total. The number of aryl methyl sites for hydroxylation is 1. The van der Waals surface area contributed by atoms with Gasteiger partial charge in [0.25, 0.3) is 0 Å². The molecule has 1 unspecified atom stereocenters. The molecule has 0 saturated carbocycles. The minimum absolute atomic E-state index is 0.0524. The van der Waals surface area contributed by atoms with Crippen LogP contribution in [0.4, 0.5) is 10.1 Å². The number of fused-ring (bicyclic) bond motifs is 1. The summed E-state index contributed by atoms with van der Waals surface area (Å²) in [6.07, 6.45) is 1.47. The number of rotatable bonds is 3. The van der Waals surface area contributed by atoms with Gasteiger partial charge in [-0.05, 0) is 36.6 Å². The highest BCUT2D eigenvalue weighted by molar-refractivity contribution is 7.89. The second-order valence-electron chi connectivity index (χ2n) is 5.54. The van der Waals surface area contributed by atoms with Gasteiger partial charge in [-0.25, -0.2) is 8.42 Å². The first kappa shape index (κ1) is 14.5. The molecule has 3 rings (SSSR count). The first-order chi connectivity index (χ1) is 10.0. The highest BCUT2D eigenvalue weighted by Crippen LogP contribution is 2.29. The molecule has 2 aliphatic rings. The van der Waals surface area contributed by atoms with E-state index in [-0.39, 0.29) is 23.3 Å². The number of sulfonamides is 1. The SMILES string of the molecule is O=C1CCc2cc(S(=O)(=O)N3CCC(CF)C3)ccc2N1. The highest BCUT2D eigenvalue weighted by atomic mass is 32.2. The van der Waals surface area contributed by atoms with Gasteiger partial charge in [-0.3, -0.25) is 9.18 Å². The van der Waals surface area contributed by atoms with Crippen molar-refractivity contribution in [2.45, 2.75) is 24.2 Å². The molecule has 21 heavy (non-hydrogen) atoms. The molecule has 2 aliphatic heterocycles. The van der Waals surface area contributed by atoms with Gasteiger partial charge in [0.05, 0.1) is 11.6 Å². The van der Waals surface area contributed by atoms with Gasteiger partial charge >= 0.3 is 0 Å². The van der Waals surface area contributed by atoms with E-state index in [4.69, 9.17) is 0 Å². The number of nitrogens with zero attached hydrogens (tertiary/aromatic N) is 1. The number of hydrogen-bond acceptors (Lipinski definition) is 3. The lowest BCUT2D eigenvalue weighted by Crippen LogP contribution is -2.29. The Hall–Kier alpha value is -1.47. The van der Waals surface area contributed by atoms with E-state index in [9.17, 15) is 17.6 Å². The molecule has 1 aromatic rings. The Morgan fingerprint density at radius 1 is 1.33 bits per heavy atom. The maximum absolute atomic E-state index is 12.7. The molecule has 0 bridgehead atoms. The Morgan fingerprint density at radius 2 is 2.14 bits per heavy atom. The van der Waals surface area contributed by atoms with Crippen molar-refractivity contribution in [2.75, 3.05) is 25.1 Å². The molecule has 1 amide bonds. The van der Waals surface area contributed by atoms with Crippen LogP contribution in [0.15, 0.2) is 23.1 Å². The van der Waals surface area contributed by atoms with Crippen molar-refractivity contribution >= 4 is 21.6 Å². The molecule has 0 spiro atoms. The second kappa shape index (κ2) is 5.38. The van der Waals surface area contributed by atoms with Crippen LogP contribution in [-0.4, -0.2) is 38.4 Å². The summed E-state index contributed by atoms with van der Waals surface area (Å²) in [4.78, 5) is 11.5. The van der Waals surface area contributed by atoms with Gasteiger partial charge in [0.15, 0.2) is 0 Å². The molecular formula is C14H17FN2O3S. The molecule has 7 heteroatoms. The normalized spacial score (nSPS) is 22.9. The van der Waals surface area contributed by atoms with Crippen LogP contribution in [-0.2, 0) is 21.2 Å². The van der Waals surface area contributed by atoms with Gasteiger partial charge in [0, 0.05) is 31.1 Å². The molecule has 0 aromatic heterocycles. The Morgan fingerprint density at radius 3 is 2.86 bits per heavy atom. The summed E-state index contributed by atoms with van der Waals surface area (Å²) in [6, 6.07) is 4.75. The smallest absolute Gasteiger partial charge is 0.243 e. The summed E-state index contributed by atoms with van der Waals surface area (Å²) in [6.45, 7) is 0.125. The van der Waals surface area contributed by atoms with E-state index in [1.807, 2.05) is 0 Å². The van der Waals surface area contributed by atoms with Crippen molar-refractivity contribution in [2.24, 2.45) is 5.92 Å². The van der Waals surface area contributed by atoms with Crippen LogP contribution in [0.1, 0.15) is 18.4 Å². The fourth-order valence-electron chi connectivity index (χ4n) is 2.81. The summed E-state index contributed by atoms with van der Waals surface area (Å²) in [5, 5.41) is 2.73. The third kappa shape index (κ3) is 2.67. The highest BCUT2D eigenvalue weighted by Gasteiger charge is 2.33. The average molecular weight is 312 g/mol. The van der Waals surface area contributed by atoms with E-state index in [0.717, 1.165) is 5.56 Å². The number of nitrogens with one attached hydrogen (secondary N) is 1. The van der Waals surface area contributed by atoms with Gasteiger partial charge in [0.1, 0.15) is 0 Å². The predicted octanol–water partition coefficient (Wildman–Crippen LogP) is 1.55. The molecule has 0 radical (unpaired) electrons. The van der Waals surface area contributed by atoms with Crippen molar-refractivity contribution < 1.29 is 17.6 Å². The van der Waals surface area contributed by atoms with Gasteiger partial charge in [-0.15, -0.1) is 0 Å². The number of benzene rings is 1. The number of carbonyl (C=O) groups is 1. The zero-order valence-electron chi connectivity index (χ0n) is 11.5. The predicted molar refractivity (Wildman–Crippen MR) is 76.2 cm³/mol. The molecule has 2 heterocycles. The molecule has 5 nitrogen and oxygen atoms in total. The Balaban J connectivity index is 1.88. The van der Waals surface area contributed by atoms with E-state index >= 15 is 0 Å². The fraction of sp³-hybridized carbons (Fsp3) is 0.500. The second-order valence-corrected chi connectivity index (χ2v) is 7.48. The monoisotopic (exact) mass is 312 g/mol. The molecule has 1 atom stereocenters. The van der Waals surface area contributed by atoms with Gasteiger partial charge in [-0.2, -0.15) is 4.31 Å². The zero-order valence-corrected chi connectivity index (χ0v) is 12.3. The lowest BCUT2D eigenvalue weighted by Gasteiger charge is -2.20. The number of hydrogen-bond donors (Lipinski definition) is 1. The summed E-state index contributed by atoms with van der Waals surface area (Å²) < 4.78 is 39.1. The Labute approximate surface area is 123 Å². The quantitative estimate of drug-likeness (QED) is 0.921. The zero-order chi connectivity index (χ0) is 15.0. The minimum Gasteiger partial charge on any atom is -0.326 e. The summed E-state index contributed by atoms with van der Waals surface area (Å²) >= 11 is 0. The molecular weight excluding hydrogens is 295 g/mol. The van der Waals surface area contributed by atoms with E-state index < -0.39 is 16.7 Å². The first-order valence-electron chi connectivity index (χ1n) is 6.99. The van der Waals surface area contributed by atoms with Crippen molar-refractivity contribution in [3.63, 3.8) is 0 Å². The van der Waals surface area contributed by atoms with E-state index in [0.29, 0.717) is 31.5 Å². The maximum Gasteiger partial charge on any atom is 0.243 e.